The predicted molar refractivity (Wildman–Crippen MR) is 136 cm³/mol. The fourth-order valence-electron chi connectivity index (χ4n) is 4.15. The molecule has 0 unspecified atom stereocenters. The highest BCUT2D eigenvalue weighted by molar-refractivity contribution is 5.93. The van der Waals surface area contributed by atoms with Crippen molar-refractivity contribution in [2.45, 2.75) is 33.5 Å². The number of benzene rings is 2. The maximum absolute atomic E-state index is 14.9. The molecule has 5 aromatic rings. The molecule has 0 aliphatic rings. The minimum Gasteiger partial charge on any atom is -0.383 e. The van der Waals surface area contributed by atoms with Crippen molar-refractivity contribution < 1.29 is 9.18 Å². The molecule has 5 rings (SSSR count). The molecule has 182 valence electrons. The van der Waals surface area contributed by atoms with E-state index in [0.717, 1.165) is 22.5 Å². The van der Waals surface area contributed by atoms with E-state index in [0.29, 0.717) is 29.4 Å². The second-order valence-electron chi connectivity index (χ2n) is 8.85. The van der Waals surface area contributed by atoms with Gasteiger partial charge in [0.2, 0.25) is 0 Å². The number of hydrogen-bond donors (Lipinski definition) is 2. The number of nitrogens with one attached hydrogen (secondary N) is 1. The van der Waals surface area contributed by atoms with Crippen molar-refractivity contribution in [1.82, 2.24) is 29.6 Å². The summed E-state index contributed by atoms with van der Waals surface area (Å²) in [6.07, 6.45) is 7.04. The number of nitrogens with zero attached hydrogens (tertiary/aromatic N) is 5. The molecule has 3 N–H and O–H groups in total. The van der Waals surface area contributed by atoms with E-state index in [1.165, 1.54) is 6.20 Å². The quantitative estimate of drug-likeness (QED) is 0.364. The van der Waals surface area contributed by atoms with Crippen LogP contribution in [-0.2, 0) is 19.6 Å². The number of pyridine rings is 1. The van der Waals surface area contributed by atoms with Gasteiger partial charge in [-0.1, -0.05) is 36.4 Å². The number of nitrogens with two attached hydrogens (primary N) is 1. The van der Waals surface area contributed by atoms with Crippen LogP contribution >= 0.6 is 0 Å². The first-order valence-electron chi connectivity index (χ1n) is 11.6. The van der Waals surface area contributed by atoms with Gasteiger partial charge in [0.25, 0.3) is 5.91 Å². The fraction of sp³-hybridized carbons (Fsp3) is 0.185. The average Bonchev–Trinajstić information content (AvgIpc) is 3.45. The number of imidazole rings is 1. The number of fused-ring (bicyclic) bond motifs is 1. The Kier molecular flexibility index (Phi) is 6.20. The molecule has 1 amide bonds. The summed E-state index contributed by atoms with van der Waals surface area (Å²) >= 11 is 0. The number of hydrogen-bond acceptors (Lipinski definition) is 5. The van der Waals surface area contributed by atoms with Gasteiger partial charge in [-0.05, 0) is 36.6 Å². The van der Waals surface area contributed by atoms with E-state index in [9.17, 15) is 9.18 Å². The first-order chi connectivity index (χ1) is 17.4. The first kappa shape index (κ1) is 23.2. The van der Waals surface area contributed by atoms with Crippen LogP contribution < -0.4 is 11.1 Å². The molecule has 0 spiro atoms. The summed E-state index contributed by atoms with van der Waals surface area (Å²) in [5, 5.41) is 8.01. The van der Waals surface area contributed by atoms with Crippen LogP contribution in [0, 0.1) is 19.7 Å². The van der Waals surface area contributed by atoms with Gasteiger partial charge in [0, 0.05) is 48.0 Å². The van der Waals surface area contributed by atoms with E-state index < -0.39 is 5.82 Å². The maximum Gasteiger partial charge on any atom is 0.271 e. The van der Waals surface area contributed by atoms with Gasteiger partial charge in [-0.3, -0.25) is 9.48 Å². The third-order valence-corrected chi connectivity index (χ3v) is 6.12. The van der Waals surface area contributed by atoms with Crippen LogP contribution in [0.3, 0.4) is 0 Å². The molecule has 0 fully saturated rings. The Morgan fingerprint density at radius 1 is 1.00 bits per heavy atom. The smallest absolute Gasteiger partial charge is 0.271 e. The van der Waals surface area contributed by atoms with Gasteiger partial charge in [0.1, 0.15) is 23.2 Å². The van der Waals surface area contributed by atoms with Crippen LogP contribution in [0.2, 0.25) is 0 Å². The number of nitrogen functional groups attached to an aromatic ring is 1. The lowest BCUT2D eigenvalue weighted by atomic mass is 10.1. The van der Waals surface area contributed by atoms with Gasteiger partial charge in [-0.2, -0.15) is 5.10 Å². The van der Waals surface area contributed by atoms with Gasteiger partial charge >= 0.3 is 0 Å². The lowest BCUT2D eigenvalue weighted by molar-refractivity contribution is 0.0946. The third kappa shape index (κ3) is 4.81. The summed E-state index contributed by atoms with van der Waals surface area (Å²) in [5.74, 6) is 0.201. The Morgan fingerprint density at radius 2 is 1.75 bits per heavy atom. The van der Waals surface area contributed by atoms with Crippen LogP contribution in [-0.4, -0.2) is 30.2 Å². The molecule has 0 aliphatic carbocycles. The SMILES string of the molecule is Cc1cnn(Cc2ccc(Cn3cc(C(=O)NCc4ccc5c(N)nccc5c4F)nc3C)cc2)c1. The minimum absolute atomic E-state index is 0.0337. The highest BCUT2D eigenvalue weighted by Gasteiger charge is 2.15. The van der Waals surface area contributed by atoms with Crippen LogP contribution in [0.25, 0.3) is 10.8 Å². The van der Waals surface area contributed by atoms with Crippen LogP contribution in [0.15, 0.2) is 67.3 Å². The van der Waals surface area contributed by atoms with Gasteiger partial charge in [0.15, 0.2) is 0 Å². The predicted octanol–water partition coefficient (Wildman–Crippen LogP) is 3.99. The molecule has 0 bridgehead atoms. The fourth-order valence-corrected chi connectivity index (χ4v) is 4.15. The Morgan fingerprint density at radius 3 is 2.47 bits per heavy atom. The van der Waals surface area contributed by atoms with Crippen molar-refractivity contribution in [3.63, 3.8) is 0 Å². The third-order valence-electron chi connectivity index (χ3n) is 6.12. The van der Waals surface area contributed by atoms with Crippen molar-refractivity contribution in [3.8, 4) is 0 Å². The number of amides is 1. The van der Waals surface area contributed by atoms with E-state index in [2.05, 4.69) is 44.6 Å². The van der Waals surface area contributed by atoms with Crippen LogP contribution in [0.1, 0.15) is 38.6 Å². The molecular weight excluding hydrogens is 457 g/mol. The number of anilines is 1. The molecule has 8 nitrogen and oxygen atoms in total. The van der Waals surface area contributed by atoms with E-state index in [1.54, 1.807) is 24.4 Å². The normalized spacial score (nSPS) is 11.2. The summed E-state index contributed by atoms with van der Waals surface area (Å²) in [6, 6.07) is 13.2. The summed E-state index contributed by atoms with van der Waals surface area (Å²) in [7, 11) is 0. The van der Waals surface area contributed by atoms with Crippen LogP contribution in [0.4, 0.5) is 10.2 Å². The zero-order valence-corrected chi connectivity index (χ0v) is 20.1. The Labute approximate surface area is 207 Å². The molecule has 36 heavy (non-hydrogen) atoms. The maximum atomic E-state index is 14.9. The molecule has 2 aromatic carbocycles. The lowest BCUT2D eigenvalue weighted by Crippen LogP contribution is -2.23. The summed E-state index contributed by atoms with van der Waals surface area (Å²) < 4.78 is 18.7. The topological polar surface area (TPSA) is 104 Å². The number of carbonyl (C=O) groups is 1. The van der Waals surface area contributed by atoms with Gasteiger partial charge < -0.3 is 15.6 Å². The molecule has 0 aliphatic heterocycles. The lowest BCUT2D eigenvalue weighted by Gasteiger charge is -2.08. The van der Waals surface area contributed by atoms with Gasteiger partial charge in [0.05, 0.1) is 12.7 Å². The second-order valence-corrected chi connectivity index (χ2v) is 8.85. The van der Waals surface area contributed by atoms with Crippen molar-refractivity contribution in [2.75, 3.05) is 5.73 Å². The zero-order chi connectivity index (χ0) is 25.2. The van der Waals surface area contributed by atoms with Crippen molar-refractivity contribution in [3.05, 3.63) is 107 Å². The summed E-state index contributed by atoms with van der Waals surface area (Å²) in [5.41, 5.74) is 9.85. The number of aryl methyl sites for hydroxylation is 2. The minimum atomic E-state index is -0.422. The molecule has 0 saturated heterocycles. The zero-order valence-electron chi connectivity index (χ0n) is 20.1. The standard InChI is InChI=1S/C27H26FN7O/c1-17-11-32-35(13-17)15-20-5-3-19(4-6-20)14-34-16-24(33-18(34)2)27(36)31-12-21-7-8-23-22(25(21)28)9-10-30-26(23)29/h3-11,13,16H,12,14-15H2,1-2H3,(H2,29,30)(H,31,36). The van der Waals surface area contributed by atoms with E-state index in [-0.39, 0.29) is 24.0 Å². The summed E-state index contributed by atoms with van der Waals surface area (Å²) in [4.78, 5) is 21.1. The van der Waals surface area contributed by atoms with Crippen LogP contribution in [0.5, 0.6) is 0 Å². The van der Waals surface area contributed by atoms with Crippen molar-refractivity contribution >= 4 is 22.5 Å². The second kappa shape index (κ2) is 9.61. The number of halogens is 1. The number of aromatic nitrogens is 5. The molecule has 0 saturated carbocycles. The largest absolute Gasteiger partial charge is 0.383 e. The number of carbonyl (C=O) groups excluding carboxylic acids is 1. The molecular formula is C27H26FN7O. The van der Waals surface area contributed by atoms with Crippen molar-refractivity contribution in [2.24, 2.45) is 0 Å². The van der Waals surface area contributed by atoms with Gasteiger partial charge in [-0.25, -0.2) is 14.4 Å². The number of rotatable bonds is 7. The van der Waals surface area contributed by atoms with Crippen molar-refractivity contribution in [1.29, 1.82) is 0 Å². The van der Waals surface area contributed by atoms with Gasteiger partial charge in [-0.15, -0.1) is 0 Å². The first-order valence-corrected chi connectivity index (χ1v) is 11.6. The molecule has 9 heteroatoms. The molecule has 3 aromatic heterocycles. The molecule has 3 heterocycles. The highest BCUT2D eigenvalue weighted by atomic mass is 19.1. The Bertz CT molecular complexity index is 1550. The summed E-state index contributed by atoms with van der Waals surface area (Å²) in [6.45, 7) is 5.20. The van der Waals surface area contributed by atoms with E-state index in [4.69, 9.17) is 5.73 Å². The Balaban J connectivity index is 1.23. The van der Waals surface area contributed by atoms with E-state index >= 15 is 0 Å². The molecule has 0 radical (unpaired) electrons. The van der Waals surface area contributed by atoms with E-state index in [1.807, 2.05) is 35.5 Å². The average molecular weight is 484 g/mol. The molecule has 0 atom stereocenters. The monoisotopic (exact) mass is 483 g/mol. The highest BCUT2D eigenvalue weighted by Crippen LogP contribution is 2.24. The Hall–Kier alpha value is -4.53.